The smallest absolute Gasteiger partial charge is 0.313 e. The zero-order chi connectivity index (χ0) is 16.6. The maximum atomic E-state index is 13.2. The lowest BCUT2D eigenvalue weighted by Crippen LogP contribution is -2.07. The molecular weight excluding hydrogens is 303 g/mol. The third-order valence-electron chi connectivity index (χ3n) is 3.91. The Hall–Kier alpha value is -2.56. The van der Waals surface area contributed by atoms with Crippen LogP contribution in [0.1, 0.15) is 28.5 Å². The second-order valence-corrected chi connectivity index (χ2v) is 5.29. The molecule has 0 radical (unpaired) electrons. The van der Waals surface area contributed by atoms with Crippen LogP contribution in [0, 0.1) is 0 Å². The summed E-state index contributed by atoms with van der Waals surface area (Å²) in [5.41, 5.74) is 1.50. The molecule has 0 aliphatic heterocycles. The number of aryl methyl sites for hydroxylation is 1. The third kappa shape index (κ3) is 2.63. The van der Waals surface area contributed by atoms with Crippen molar-refractivity contribution in [2.75, 3.05) is 0 Å². The number of fused-ring (bicyclic) bond motifs is 1. The van der Waals surface area contributed by atoms with Crippen molar-refractivity contribution in [1.29, 1.82) is 0 Å². The van der Waals surface area contributed by atoms with Crippen LogP contribution < -0.4 is 0 Å². The number of rotatable bonds is 3. The standard InChI is InChI=1S/C18H14F3NO/c1-2-12-7-8-13-9-15(17(11-23)22(13)10-12)14-5-3-4-6-16(14)18(19,20)21/h3-11H,2H2,1H3. The van der Waals surface area contributed by atoms with E-state index in [1.807, 2.05) is 19.1 Å². The number of aldehydes is 1. The molecule has 0 aliphatic carbocycles. The topological polar surface area (TPSA) is 21.5 Å². The number of hydrogen-bond donors (Lipinski definition) is 0. The summed E-state index contributed by atoms with van der Waals surface area (Å²) < 4.78 is 41.4. The Kier molecular flexibility index (Phi) is 3.72. The van der Waals surface area contributed by atoms with E-state index >= 15 is 0 Å². The summed E-state index contributed by atoms with van der Waals surface area (Å²) in [6.07, 6.45) is -1.30. The van der Waals surface area contributed by atoms with Crippen LogP contribution in [0.15, 0.2) is 48.7 Å². The SMILES string of the molecule is CCc1ccc2cc(-c3ccccc3C(F)(F)F)c(C=O)n2c1. The molecule has 118 valence electrons. The Labute approximate surface area is 131 Å². The predicted molar refractivity (Wildman–Crippen MR) is 82.6 cm³/mol. The Morgan fingerprint density at radius 3 is 2.48 bits per heavy atom. The molecule has 0 fully saturated rings. The Bertz CT molecular complexity index is 878. The van der Waals surface area contributed by atoms with Gasteiger partial charge in [0, 0.05) is 17.3 Å². The fourth-order valence-electron chi connectivity index (χ4n) is 2.74. The van der Waals surface area contributed by atoms with Gasteiger partial charge in [0.2, 0.25) is 0 Å². The maximum absolute atomic E-state index is 13.2. The molecule has 2 heterocycles. The molecule has 0 saturated carbocycles. The van der Waals surface area contributed by atoms with Crippen LogP contribution in [0.2, 0.25) is 0 Å². The molecule has 1 aromatic carbocycles. The number of hydrogen-bond acceptors (Lipinski definition) is 1. The van der Waals surface area contributed by atoms with E-state index in [1.165, 1.54) is 12.1 Å². The van der Waals surface area contributed by atoms with Gasteiger partial charge in [0.1, 0.15) is 0 Å². The van der Waals surface area contributed by atoms with Crippen LogP contribution in [-0.4, -0.2) is 10.7 Å². The van der Waals surface area contributed by atoms with Gasteiger partial charge in [-0.05, 0) is 35.7 Å². The fraction of sp³-hybridized carbons (Fsp3) is 0.167. The van der Waals surface area contributed by atoms with E-state index < -0.39 is 11.7 Å². The summed E-state index contributed by atoms with van der Waals surface area (Å²) in [4.78, 5) is 11.5. The van der Waals surface area contributed by atoms with Gasteiger partial charge in [-0.2, -0.15) is 13.2 Å². The molecule has 0 bridgehead atoms. The number of aromatic nitrogens is 1. The normalized spacial score (nSPS) is 11.8. The summed E-state index contributed by atoms with van der Waals surface area (Å²) in [5, 5.41) is 0. The minimum Gasteiger partial charge on any atom is -0.313 e. The molecule has 0 amide bonds. The lowest BCUT2D eigenvalue weighted by atomic mass is 9.99. The van der Waals surface area contributed by atoms with Crippen molar-refractivity contribution >= 4 is 11.8 Å². The Morgan fingerprint density at radius 2 is 1.83 bits per heavy atom. The molecule has 0 spiro atoms. The van der Waals surface area contributed by atoms with Crippen LogP contribution in [0.3, 0.4) is 0 Å². The van der Waals surface area contributed by atoms with Gasteiger partial charge in [-0.25, -0.2) is 0 Å². The zero-order valence-electron chi connectivity index (χ0n) is 12.4. The van der Waals surface area contributed by atoms with E-state index in [2.05, 4.69) is 0 Å². The van der Waals surface area contributed by atoms with Crippen LogP contribution in [-0.2, 0) is 12.6 Å². The molecule has 0 saturated heterocycles. The minimum absolute atomic E-state index is 0.0175. The van der Waals surface area contributed by atoms with Crippen molar-refractivity contribution in [1.82, 2.24) is 4.40 Å². The van der Waals surface area contributed by atoms with Gasteiger partial charge in [-0.15, -0.1) is 0 Å². The molecule has 0 aliphatic rings. The quantitative estimate of drug-likeness (QED) is 0.623. The number of halogens is 3. The zero-order valence-corrected chi connectivity index (χ0v) is 12.4. The van der Waals surface area contributed by atoms with Crippen LogP contribution in [0.4, 0.5) is 13.2 Å². The van der Waals surface area contributed by atoms with E-state index in [4.69, 9.17) is 0 Å². The van der Waals surface area contributed by atoms with Crippen molar-refractivity contribution in [3.63, 3.8) is 0 Å². The second-order valence-electron chi connectivity index (χ2n) is 5.29. The summed E-state index contributed by atoms with van der Waals surface area (Å²) >= 11 is 0. The summed E-state index contributed by atoms with van der Waals surface area (Å²) in [6, 6.07) is 10.6. The summed E-state index contributed by atoms with van der Waals surface area (Å²) in [5.74, 6) is 0. The van der Waals surface area contributed by atoms with Gasteiger partial charge in [0.15, 0.2) is 6.29 Å². The average molecular weight is 317 g/mol. The van der Waals surface area contributed by atoms with Gasteiger partial charge in [-0.1, -0.05) is 31.2 Å². The molecule has 3 rings (SSSR count). The Balaban J connectivity index is 2.31. The van der Waals surface area contributed by atoms with Gasteiger partial charge in [-0.3, -0.25) is 4.79 Å². The van der Waals surface area contributed by atoms with E-state index in [-0.39, 0.29) is 11.3 Å². The molecule has 3 aromatic rings. The molecule has 2 nitrogen and oxygen atoms in total. The highest BCUT2D eigenvalue weighted by molar-refractivity contribution is 5.90. The molecule has 23 heavy (non-hydrogen) atoms. The highest BCUT2D eigenvalue weighted by Gasteiger charge is 2.34. The lowest BCUT2D eigenvalue weighted by Gasteiger charge is -2.12. The van der Waals surface area contributed by atoms with Crippen LogP contribution >= 0.6 is 0 Å². The second kappa shape index (κ2) is 5.57. The van der Waals surface area contributed by atoms with Gasteiger partial charge < -0.3 is 4.40 Å². The molecule has 0 N–H and O–H groups in total. The largest absolute Gasteiger partial charge is 0.417 e. The fourth-order valence-corrected chi connectivity index (χ4v) is 2.74. The molecule has 0 unspecified atom stereocenters. The number of carbonyl (C=O) groups is 1. The third-order valence-corrected chi connectivity index (χ3v) is 3.91. The molecular formula is C18H14F3NO. The molecule has 2 aromatic heterocycles. The number of carbonyl (C=O) groups excluding carboxylic acids is 1. The van der Waals surface area contributed by atoms with E-state index in [1.54, 1.807) is 22.7 Å². The number of nitrogens with zero attached hydrogens (tertiary/aromatic N) is 1. The number of benzene rings is 1. The minimum atomic E-state index is -4.47. The average Bonchev–Trinajstić information content (AvgIpc) is 2.91. The van der Waals surface area contributed by atoms with Crippen LogP contribution in [0.5, 0.6) is 0 Å². The van der Waals surface area contributed by atoms with Gasteiger partial charge in [0.05, 0.1) is 11.3 Å². The Morgan fingerprint density at radius 1 is 1.09 bits per heavy atom. The van der Waals surface area contributed by atoms with Crippen molar-refractivity contribution in [3.05, 3.63) is 65.5 Å². The molecule has 0 atom stereocenters. The summed E-state index contributed by atoms with van der Waals surface area (Å²) in [7, 11) is 0. The highest BCUT2D eigenvalue weighted by atomic mass is 19.4. The van der Waals surface area contributed by atoms with Crippen molar-refractivity contribution < 1.29 is 18.0 Å². The lowest BCUT2D eigenvalue weighted by molar-refractivity contribution is -0.137. The van der Waals surface area contributed by atoms with E-state index in [0.29, 0.717) is 17.4 Å². The maximum Gasteiger partial charge on any atom is 0.417 e. The first-order valence-electron chi connectivity index (χ1n) is 7.21. The highest BCUT2D eigenvalue weighted by Crippen LogP contribution is 2.38. The van der Waals surface area contributed by atoms with E-state index in [0.717, 1.165) is 18.1 Å². The van der Waals surface area contributed by atoms with E-state index in [9.17, 15) is 18.0 Å². The van der Waals surface area contributed by atoms with Gasteiger partial charge >= 0.3 is 6.18 Å². The first kappa shape index (κ1) is 15.3. The monoisotopic (exact) mass is 317 g/mol. The van der Waals surface area contributed by atoms with Crippen molar-refractivity contribution in [3.8, 4) is 11.1 Å². The first-order valence-corrected chi connectivity index (χ1v) is 7.21. The number of pyridine rings is 1. The first-order chi connectivity index (χ1) is 11.0. The van der Waals surface area contributed by atoms with Crippen molar-refractivity contribution in [2.24, 2.45) is 0 Å². The molecule has 5 heteroatoms. The summed E-state index contributed by atoms with van der Waals surface area (Å²) in [6.45, 7) is 1.98. The number of alkyl halides is 3. The van der Waals surface area contributed by atoms with Gasteiger partial charge in [0.25, 0.3) is 0 Å². The predicted octanol–water partition coefficient (Wildman–Crippen LogP) is 5.00. The van der Waals surface area contributed by atoms with Crippen molar-refractivity contribution in [2.45, 2.75) is 19.5 Å². The van der Waals surface area contributed by atoms with Crippen LogP contribution in [0.25, 0.3) is 16.6 Å².